The normalized spacial score (nSPS) is 13.2. The molecule has 33 heavy (non-hydrogen) atoms. The van der Waals surface area contributed by atoms with Crippen LogP contribution in [0.5, 0.6) is 0 Å². The number of rotatable bonds is 7. The van der Waals surface area contributed by atoms with Crippen molar-refractivity contribution in [3.8, 4) is 11.4 Å². The van der Waals surface area contributed by atoms with Gasteiger partial charge in [0.05, 0.1) is 12.2 Å². The van der Waals surface area contributed by atoms with E-state index in [2.05, 4.69) is 54.9 Å². The van der Waals surface area contributed by atoms with E-state index in [1.54, 1.807) is 4.90 Å². The lowest BCUT2D eigenvalue weighted by atomic mass is 10.1. The van der Waals surface area contributed by atoms with Gasteiger partial charge >= 0.3 is 0 Å². The van der Waals surface area contributed by atoms with Crippen molar-refractivity contribution in [3.63, 3.8) is 0 Å². The lowest BCUT2D eigenvalue weighted by Gasteiger charge is -2.29. The monoisotopic (exact) mass is 444 g/mol. The van der Waals surface area contributed by atoms with E-state index in [1.165, 1.54) is 5.56 Å². The third-order valence-corrected chi connectivity index (χ3v) is 6.16. The molecule has 0 radical (unpaired) electrons. The third-order valence-electron chi connectivity index (χ3n) is 6.16. The molecule has 0 saturated heterocycles. The number of carbonyl (C=O) groups is 2. The Morgan fingerprint density at radius 1 is 1.03 bits per heavy atom. The number of nitrogens with zero attached hydrogens (tertiary/aromatic N) is 3. The molecule has 0 bridgehead atoms. The van der Waals surface area contributed by atoms with Crippen LogP contribution in [0.2, 0.25) is 0 Å². The molecule has 0 saturated carbocycles. The Kier molecular flexibility index (Phi) is 6.92. The Balaban J connectivity index is 1.66. The largest absolute Gasteiger partial charge is 0.351 e. The van der Waals surface area contributed by atoms with Gasteiger partial charge in [0.2, 0.25) is 0 Å². The van der Waals surface area contributed by atoms with E-state index in [0.29, 0.717) is 43.4 Å². The number of carbonyl (C=O) groups excluding carboxylic acids is 2. The van der Waals surface area contributed by atoms with Gasteiger partial charge in [0.15, 0.2) is 5.69 Å². The van der Waals surface area contributed by atoms with Crippen LogP contribution in [0.3, 0.4) is 0 Å². The molecule has 172 valence electrons. The van der Waals surface area contributed by atoms with Crippen LogP contribution in [0.4, 0.5) is 0 Å². The van der Waals surface area contributed by atoms with Gasteiger partial charge in [-0.05, 0) is 36.5 Å². The first-order valence-corrected chi connectivity index (χ1v) is 11.8. The second-order valence-electron chi connectivity index (χ2n) is 8.96. The molecule has 1 aliphatic heterocycles. The molecular weight excluding hydrogens is 412 g/mol. The maximum atomic E-state index is 13.1. The van der Waals surface area contributed by atoms with Crippen molar-refractivity contribution in [3.05, 3.63) is 77.1 Å². The standard InChI is InChI=1S/C27H32N4O2/c1-4-20-10-12-21(13-11-20)25-29-24(26(32)28-15-14-19(2)3)23-18-30(16-17-31(23)25)27(33)22-8-6-5-7-9-22/h5-13,19H,4,14-18H2,1-3H3,(H,28,32). The van der Waals surface area contributed by atoms with Crippen LogP contribution in [0, 0.1) is 5.92 Å². The van der Waals surface area contributed by atoms with Crippen molar-refractivity contribution < 1.29 is 9.59 Å². The number of hydrogen-bond acceptors (Lipinski definition) is 3. The highest BCUT2D eigenvalue weighted by Gasteiger charge is 2.30. The second kappa shape index (κ2) is 10.0. The zero-order chi connectivity index (χ0) is 23.4. The summed E-state index contributed by atoms with van der Waals surface area (Å²) in [6.07, 6.45) is 1.88. The molecule has 0 fully saturated rings. The highest BCUT2D eigenvalue weighted by atomic mass is 16.2. The molecular formula is C27H32N4O2. The summed E-state index contributed by atoms with van der Waals surface area (Å²) in [6.45, 7) is 8.54. The number of amides is 2. The molecule has 4 rings (SSSR count). The van der Waals surface area contributed by atoms with E-state index in [-0.39, 0.29) is 11.8 Å². The molecule has 3 aromatic rings. The summed E-state index contributed by atoms with van der Waals surface area (Å²) < 4.78 is 2.10. The maximum absolute atomic E-state index is 13.1. The molecule has 0 atom stereocenters. The van der Waals surface area contributed by atoms with Crippen molar-refractivity contribution in [2.45, 2.75) is 46.7 Å². The number of hydrogen-bond donors (Lipinski definition) is 1. The molecule has 2 amide bonds. The van der Waals surface area contributed by atoms with E-state index in [9.17, 15) is 9.59 Å². The van der Waals surface area contributed by atoms with Crippen molar-refractivity contribution >= 4 is 11.8 Å². The third kappa shape index (κ3) is 5.00. The Labute approximate surface area is 195 Å². The molecule has 0 spiro atoms. The van der Waals surface area contributed by atoms with E-state index in [0.717, 1.165) is 29.9 Å². The average molecular weight is 445 g/mol. The minimum Gasteiger partial charge on any atom is -0.351 e. The molecule has 6 nitrogen and oxygen atoms in total. The number of imidazole rings is 1. The number of fused-ring (bicyclic) bond motifs is 1. The number of benzene rings is 2. The van der Waals surface area contributed by atoms with E-state index in [1.807, 2.05) is 30.3 Å². The van der Waals surface area contributed by atoms with Gasteiger partial charge in [-0.2, -0.15) is 0 Å². The van der Waals surface area contributed by atoms with Gasteiger partial charge in [0.25, 0.3) is 11.8 Å². The Morgan fingerprint density at radius 2 is 1.76 bits per heavy atom. The summed E-state index contributed by atoms with van der Waals surface area (Å²) in [5.41, 5.74) is 4.11. The fraction of sp³-hybridized carbons (Fsp3) is 0.370. The molecule has 2 heterocycles. The van der Waals surface area contributed by atoms with Gasteiger partial charge in [-0.15, -0.1) is 0 Å². The fourth-order valence-corrected chi connectivity index (χ4v) is 4.15. The Morgan fingerprint density at radius 3 is 2.42 bits per heavy atom. The molecule has 1 aromatic heterocycles. The predicted octanol–water partition coefficient (Wildman–Crippen LogP) is 4.54. The summed E-state index contributed by atoms with van der Waals surface area (Å²) in [6, 6.07) is 17.6. The van der Waals surface area contributed by atoms with Crippen LogP contribution >= 0.6 is 0 Å². The maximum Gasteiger partial charge on any atom is 0.271 e. The summed E-state index contributed by atoms with van der Waals surface area (Å²) in [7, 11) is 0. The summed E-state index contributed by atoms with van der Waals surface area (Å²) in [5, 5.41) is 3.02. The summed E-state index contributed by atoms with van der Waals surface area (Å²) in [5.74, 6) is 1.09. The first kappa shape index (κ1) is 22.8. The van der Waals surface area contributed by atoms with Gasteiger partial charge in [0.1, 0.15) is 5.82 Å². The van der Waals surface area contributed by atoms with Crippen molar-refractivity contribution in [2.24, 2.45) is 5.92 Å². The van der Waals surface area contributed by atoms with Gasteiger partial charge in [-0.25, -0.2) is 4.98 Å². The van der Waals surface area contributed by atoms with Crippen LogP contribution in [-0.2, 0) is 19.5 Å². The van der Waals surface area contributed by atoms with E-state index < -0.39 is 0 Å². The molecule has 2 aromatic carbocycles. The highest BCUT2D eigenvalue weighted by Crippen LogP contribution is 2.28. The van der Waals surface area contributed by atoms with Gasteiger partial charge in [-0.3, -0.25) is 9.59 Å². The van der Waals surface area contributed by atoms with Crippen LogP contribution in [0.1, 0.15) is 59.3 Å². The van der Waals surface area contributed by atoms with Crippen molar-refractivity contribution in [2.75, 3.05) is 13.1 Å². The minimum absolute atomic E-state index is 0.0249. The van der Waals surface area contributed by atoms with Crippen LogP contribution in [0.15, 0.2) is 54.6 Å². The SMILES string of the molecule is CCc1ccc(-c2nc(C(=O)NCCC(C)C)c3n2CCN(C(=O)c2ccccc2)C3)cc1. The first-order valence-electron chi connectivity index (χ1n) is 11.8. The van der Waals surface area contributed by atoms with Gasteiger partial charge in [-0.1, -0.05) is 63.2 Å². The highest BCUT2D eigenvalue weighted by molar-refractivity contribution is 5.96. The Bertz CT molecular complexity index is 1120. The molecule has 0 aliphatic carbocycles. The smallest absolute Gasteiger partial charge is 0.271 e. The summed E-state index contributed by atoms with van der Waals surface area (Å²) >= 11 is 0. The average Bonchev–Trinajstić information content (AvgIpc) is 3.23. The predicted molar refractivity (Wildman–Crippen MR) is 130 cm³/mol. The Hall–Kier alpha value is -3.41. The van der Waals surface area contributed by atoms with Crippen LogP contribution in [0.25, 0.3) is 11.4 Å². The zero-order valence-electron chi connectivity index (χ0n) is 19.7. The molecule has 1 aliphatic rings. The zero-order valence-corrected chi connectivity index (χ0v) is 19.7. The number of nitrogens with one attached hydrogen (secondary N) is 1. The van der Waals surface area contributed by atoms with Crippen LogP contribution < -0.4 is 5.32 Å². The topological polar surface area (TPSA) is 67.2 Å². The second-order valence-corrected chi connectivity index (χ2v) is 8.96. The summed E-state index contributed by atoms with van der Waals surface area (Å²) in [4.78, 5) is 32.8. The van der Waals surface area contributed by atoms with Gasteiger partial charge < -0.3 is 14.8 Å². The lowest BCUT2D eigenvalue weighted by Crippen LogP contribution is -2.39. The molecule has 1 N–H and O–H groups in total. The minimum atomic E-state index is -0.176. The van der Waals surface area contributed by atoms with E-state index in [4.69, 9.17) is 4.98 Å². The number of aryl methyl sites for hydroxylation is 1. The molecule has 0 unspecified atom stereocenters. The molecule has 6 heteroatoms. The van der Waals surface area contributed by atoms with Gasteiger partial charge in [0, 0.05) is 30.8 Å². The van der Waals surface area contributed by atoms with Crippen LogP contribution in [-0.4, -0.2) is 39.4 Å². The van der Waals surface area contributed by atoms with E-state index >= 15 is 0 Å². The quantitative estimate of drug-likeness (QED) is 0.582. The fourth-order valence-electron chi connectivity index (χ4n) is 4.15. The number of aromatic nitrogens is 2. The lowest BCUT2D eigenvalue weighted by molar-refractivity contribution is 0.0708. The van der Waals surface area contributed by atoms with Crippen molar-refractivity contribution in [1.82, 2.24) is 19.8 Å². The van der Waals surface area contributed by atoms with Crippen molar-refractivity contribution in [1.29, 1.82) is 0 Å². The first-order chi connectivity index (χ1) is 16.0.